The van der Waals surface area contributed by atoms with Crippen molar-refractivity contribution in [3.05, 3.63) is 34.4 Å². The van der Waals surface area contributed by atoms with E-state index in [2.05, 4.69) is 12.2 Å². The highest BCUT2D eigenvalue weighted by Crippen LogP contribution is 2.25. The number of nitro groups is 1. The Morgan fingerprint density at radius 1 is 1.36 bits per heavy atom. The highest BCUT2D eigenvalue weighted by Gasteiger charge is 2.32. The number of amides is 1. The van der Waals surface area contributed by atoms with Crippen molar-refractivity contribution in [1.82, 2.24) is 4.90 Å². The second kappa shape index (κ2) is 8.57. The Kier molecular flexibility index (Phi) is 6.46. The summed E-state index contributed by atoms with van der Waals surface area (Å²) < 4.78 is 4.70. The first-order chi connectivity index (χ1) is 11.9. The maximum Gasteiger partial charge on any atom is 0.307 e. The molecule has 0 saturated carbocycles. The van der Waals surface area contributed by atoms with Gasteiger partial charge >= 0.3 is 5.97 Å². The van der Waals surface area contributed by atoms with Crippen molar-refractivity contribution in [2.45, 2.75) is 32.2 Å². The SMILES string of the molecule is COC(=O)C[C@H](C(=O)Nc1ccccc1[N+](=O)[O-])N1CCC(C)CC1. The lowest BCUT2D eigenvalue weighted by atomic mass is 9.97. The first-order valence-corrected chi connectivity index (χ1v) is 8.27. The zero-order valence-electron chi connectivity index (χ0n) is 14.4. The fraction of sp³-hybridized carbons (Fsp3) is 0.529. The largest absolute Gasteiger partial charge is 0.469 e. The predicted octanol–water partition coefficient (Wildman–Crippen LogP) is 2.20. The van der Waals surface area contributed by atoms with Gasteiger partial charge in [-0.2, -0.15) is 0 Å². The number of hydrogen-bond donors (Lipinski definition) is 1. The summed E-state index contributed by atoms with van der Waals surface area (Å²) in [5.74, 6) is -0.344. The van der Waals surface area contributed by atoms with Gasteiger partial charge in [0.05, 0.1) is 18.5 Å². The number of rotatable bonds is 6. The Morgan fingerprint density at radius 2 is 2.00 bits per heavy atom. The molecular formula is C17H23N3O5. The number of piperidine rings is 1. The van der Waals surface area contributed by atoms with E-state index in [0.29, 0.717) is 19.0 Å². The van der Waals surface area contributed by atoms with E-state index in [4.69, 9.17) is 4.74 Å². The monoisotopic (exact) mass is 349 g/mol. The number of carbonyl (C=O) groups is 2. The van der Waals surface area contributed by atoms with E-state index in [-0.39, 0.29) is 17.8 Å². The number of carbonyl (C=O) groups excluding carboxylic acids is 2. The summed E-state index contributed by atoms with van der Waals surface area (Å²) in [7, 11) is 1.28. The first kappa shape index (κ1) is 18.9. The van der Waals surface area contributed by atoms with E-state index in [9.17, 15) is 19.7 Å². The molecule has 0 aromatic heterocycles. The van der Waals surface area contributed by atoms with E-state index in [1.807, 2.05) is 4.90 Å². The van der Waals surface area contributed by atoms with Crippen LogP contribution in [-0.2, 0) is 14.3 Å². The lowest BCUT2D eigenvalue weighted by Gasteiger charge is -2.35. The van der Waals surface area contributed by atoms with Crippen LogP contribution in [0.1, 0.15) is 26.2 Å². The highest BCUT2D eigenvalue weighted by atomic mass is 16.6. The van der Waals surface area contributed by atoms with Gasteiger partial charge in [-0.25, -0.2) is 0 Å². The Bertz CT molecular complexity index is 641. The third-order valence-electron chi connectivity index (χ3n) is 4.51. The van der Waals surface area contributed by atoms with Crippen LogP contribution in [0.15, 0.2) is 24.3 Å². The molecule has 25 heavy (non-hydrogen) atoms. The van der Waals surface area contributed by atoms with Crippen LogP contribution in [0.4, 0.5) is 11.4 Å². The summed E-state index contributed by atoms with van der Waals surface area (Å²) in [4.78, 5) is 37.0. The van der Waals surface area contributed by atoms with Crippen LogP contribution in [0.5, 0.6) is 0 Å². The molecule has 0 bridgehead atoms. The van der Waals surface area contributed by atoms with Crippen molar-refractivity contribution in [2.75, 3.05) is 25.5 Å². The van der Waals surface area contributed by atoms with Gasteiger partial charge in [0.25, 0.3) is 5.69 Å². The number of esters is 1. The van der Waals surface area contributed by atoms with Gasteiger partial charge < -0.3 is 10.1 Å². The van der Waals surface area contributed by atoms with Crippen LogP contribution in [0.3, 0.4) is 0 Å². The minimum Gasteiger partial charge on any atom is -0.469 e. The third kappa shape index (κ3) is 4.99. The molecule has 0 unspecified atom stereocenters. The highest BCUT2D eigenvalue weighted by molar-refractivity contribution is 5.98. The number of nitro benzene ring substituents is 1. The Morgan fingerprint density at radius 3 is 2.60 bits per heavy atom. The molecule has 2 rings (SSSR count). The molecule has 1 heterocycles. The van der Waals surface area contributed by atoms with Gasteiger partial charge in [-0.3, -0.25) is 24.6 Å². The number of nitrogens with zero attached hydrogens (tertiary/aromatic N) is 2. The number of para-hydroxylation sites is 2. The van der Waals surface area contributed by atoms with E-state index >= 15 is 0 Å². The Balaban J connectivity index is 2.17. The Labute approximate surface area is 146 Å². The molecule has 1 N–H and O–H groups in total. The number of ether oxygens (including phenoxy) is 1. The minimum absolute atomic E-state index is 0.0860. The topological polar surface area (TPSA) is 102 Å². The molecule has 0 radical (unpaired) electrons. The standard InChI is InChI=1S/C17H23N3O5/c1-12-7-9-19(10-8-12)15(11-16(21)25-2)17(22)18-13-5-3-4-6-14(13)20(23)24/h3-6,12,15H,7-11H2,1-2H3,(H,18,22)/t15-/m1/s1. The molecule has 0 spiro atoms. The van der Waals surface area contributed by atoms with Crippen molar-refractivity contribution < 1.29 is 19.2 Å². The average Bonchev–Trinajstić information content (AvgIpc) is 2.60. The number of anilines is 1. The predicted molar refractivity (Wildman–Crippen MR) is 92.1 cm³/mol. The summed E-state index contributed by atoms with van der Waals surface area (Å²) in [5, 5.41) is 13.7. The molecule has 1 aliphatic rings. The van der Waals surface area contributed by atoms with Gasteiger partial charge in [0.1, 0.15) is 11.7 Å². The smallest absolute Gasteiger partial charge is 0.307 e. The van der Waals surface area contributed by atoms with Gasteiger partial charge in [0, 0.05) is 6.07 Å². The molecule has 1 amide bonds. The van der Waals surface area contributed by atoms with Crippen molar-refractivity contribution in [3.63, 3.8) is 0 Å². The molecule has 1 saturated heterocycles. The van der Waals surface area contributed by atoms with Crippen LogP contribution in [0.2, 0.25) is 0 Å². The van der Waals surface area contributed by atoms with Crippen molar-refractivity contribution in [1.29, 1.82) is 0 Å². The number of methoxy groups -OCH3 is 1. The van der Waals surface area contributed by atoms with Crippen LogP contribution in [0.25, 0.3) is 0 Å². The average molecular weight is 349 g/mol. The molecule has 1 aliphatic heterocycles. The molecule has 8 nitrogen and oxygen atoms in total. The Hall–Kier alpha value is -2.48. The fourth-order valence-electron chi connectivity index (χ4n) is 2.92. The van der Waals surface area contributed by atoms with Crippen LogP contribution >= 0.6 is 0 Å². The van der Waals surface area contributed by atoms with E-state index in [1.54, 1.807) is 6.07 Å². The molecule has 0 aliphatic carbocycles. The molecule has 8 heteroatoms. The molecule has 1 fully saturated rings. The zero-order valence-corrected chi connectivity index (χ0v) is 14.4. The lowest BCUT2D eigenvalue weighted by molar-refractivity contribution is -0.383. The quantitative estimate of drug-likeness (QED) is 0.480. The van der Waals surface area contributed by atoms with Crippen LogP contribution in [0, 0.1) is 16.0 Å². The van der Waals surface area contributed by atoms with Gasteiger partial charge in [-0.05, 0) is 37.9 Å². The third-order valence-corrected chi connectivity index (χ3v) is 4.51. The number of benzene rings is 1. The van der Waals surface area contributed by atoms with Crippen LogP contribution in [-0.4, -0.2) is 47.9 Å². The molecule has 136 valence electrons. The van der Waals surface area contributed by atoms with Gasteiger partial charge in [0.15, 0.2) is 0 Å². The number of likely N-dealkylation sites (tertiary alicyclic amines) is 1. The van der Waals surface area contributed by atoms with Gasteiger partial charge in [-0.15, -0.1) is 0 Å². The first-order valence-electron chi connectivity index (χ1n) is 8.27. The summed E-state index contributed by atoms with van der Waals surface area (Å²) in [6.07, 6.45) is 1.80. The van der Waals surface area contributed by atoms with E-state index in [1.165, 1.54) is 25.3 Å². The summed E-state index contributed by atoms with van der Waals surface area (Å²) in [6.45, 7) is 3.56. The second-order valence-electron chi connectivity index (χ2n) is 6.28. The fourth-order valence-corrected chi connectivity index (χ4v) is 2.92. The molecular weight excluding hydrogens is 326 g/mol. The molecule has 1 aromatic carbocycles. The minimum atomic E-state index is -0.709. The van der Waals surface area contributed by atoms with E-state index in [0.717, 1.165) is 12.8 Å². The summed E-state index contributed by atoms with van der Waals surface area (Å²) in [5.41, 5.74) is -0.0577. The summed E-state index contributed by atoms with van der Waals surface area (Å²) >= 11 is 0. The normalized spacial score (nSPS) is 16.9. The zero-order chi connectivity index (χ0) is 18.4. The molecule has 1 aromatic rings. The van der Waals surface area contributed by atoms with E-state index < -0.39 is 22.8 Å². The maximum absolute atomic E-state index is 12.7. The van der Waals surface area contributed by atoms with Crippen molar-refractivity contribution in [3.8, 4) is 0 Å². The lowest BCUT2D eigenvalue weighted by Crippen LogP contribution is -2.48. The van der Waals surface area contributed by atoms with Crippen molar-refractivity contribution in [2.24, 2.45) is 5.92 Å². The number of hydrogen-bond acceptors (Lipinski definition) is 6. The molecule has 1 atom stereocenters. The maximum atomic E-state index is 12.7. The number of nitrogens with one attached hydrogen (secondary N) is 1. The second-order valence-corrected chi connectivity index (χ2v) is 6.28. The van der Waals surface area contributed by atoms with Gasteiger partial charge in [0.2, 0.25) is 5.91 Å². The van der Waals surface area contributed by atoms with Crippen LogP contribution < -0.4 is 5.32 Å². The van der Waals surface area contributed by atoms with Gasteiger partial charge in [-0.1, -0.05) is 19.1 Å². The summed E-state index contributed by atoms with van der Waals surface area (Å²) in [6, 6.07) is 5.24. The van der Waals surface area contributed by atoms with Crippen molar-refractivity contribution >= 4 is 23.3 Å².